The average molecular weight is 480 g/mol. The Morgan fingerprint density at radius 2 is 1.94 bits per heavy atom. The van der Waals surface area contributed by atoms with Crippen LogP contribution in [0.2, 0.25) is 0 Å². The number of thioether (sulfide) groups is 1. The Hall–Kier alpha value is -3.08. The summed E-state index contributed by atoms with van der Waals surface area (Å²) in [6, 6.07) is 12.6. The van der Waals surface area contributed by atoms with Crippen molar-refractivity contribution in [2.24, 2.45) is 0 Å². The number of nitrogens with zero attached hydrogens (tertiary/aromatic N) is 5. The van der Waals surface area contributed by atoms with Gasteiger partial charge in [-0.1, -0.05) is 30.0 Å². The highest BCUT2D eigenvalue weighted by atomic mass is 32.2. The van der Waals surface area contributed by atoms with Gasteiger partial charge in [-0.3, -0.25) is 19.8 Å². The molecule has 0 bridgehead atoms. The molecule has 1 saturated heterocycles. The van der Waals surface area contributed by atoms with Crippen molar-refractivity contribution in [3.05, 3.63) is 64.0 Å². The Kier molecular flexibility index (Phi) is 6.70. The van der Waals surface area contributed by atoms with Crippen LogP contribution < -0.4 is 4.90 Å². The molecule has 0 unspecified atom stereocenters. The number of amides is 1. The van der Waals surface area contributed by atoms with Gasteiger partial charge in [-0.05, 0) is 30.5 Å². The van der Waals surface area contributed by atoms with Crippen LogP contribution in [-0.4, -0.2) is 64.3 Å². The maximum atomic E-state index is 13.2. The van der Waals surface area contributed by atoms with E-state index in [4.69, 9.17) is 14.7 Å². The fraction of sp³-hybridized carbons (Fsp3) is 0.375. The number of aromatic nitrogens is 2. The molecule has 5 rings (SSSR count). The number of anilines is 1. The van der Waals surface area contributed by atoms with E-state index < -0.39 is 4.92 Å². The lowest BCUT2D eigenvalue weighted by Crippen LogP contribution is -2.36. The summed E-state index contributed by atoms with van der Waals surface area (Å²) in [6.07, 6.45) is 1.51. The number of para-hydroxylation sites is 1. The first-order valence-electron chi connectivity index (χ1n) is 11.3. The van der Waals surface area contributed by atoms with Crippen molar-refractivity contribution in [1.29, 1.82) is 0 Å². The predicted molar refractivity (Wildman–Crippen MR) is 130 cm³/mol. The first kappa shape index (κ1) is 22.7. The molecule has 9 nitrogen and oxygen atoms in total. The summed E-state index contributed by atoms with van der Waals surface area (Å²) in [6.45, 7) is 4.38. The van der Waals surface area contributed by atoms with Crippen LogP contribution in [0.25, 0.3) is 10.9 Å². The van der Waals surface area contributed by atoms with Crippen molar-refractivity contribution >= 4 is 39.9 Å². The number of rotatable bonds is 6. The number of carbonyl (C=O) groups is 1. The monoisotopic (exact) mass is 479 g/mol. The third kappa shape index (κ3) is 4.89. The molecule has 1 aromatic heterocycles. The van der Waals surface area contributed by atoms with E-state index in [2.05, 4.69) is 4.90 Å². The van der Waals surface area contributed by atoms with Crippen LogP contribution in [0.3, 0.4) is 0 Å². The van der Waals surface area contributed by atoms with Crippen LogP contribution in [0, 0.1) is 10.1 Å². The van der Waals surface area contributed by atoms with Crippen LogP contribution in [0.4, 0.5) is 11.4 Å². The van der Waals surface area contributed by atoms with Crippen LogP contribution in [0.5, 0.6) is 0 Å². The third-order valence-electron chi connectivity index (χ3n) is 6.11. The Balaban J connectivity index is 1.35. The van der Waals surface area contributed by atoms with Crippen LogP contribution in [-0.2, 0) is 22.5 Å². The summed E-state index contributed by atoms with van der Waals surface area (Å²) in [7, 11) is 0. The SMILES string of the molecule is O=C(CSc1nc(CN2CCOCC2)nc2ccccc12)N1CCCc2cc([N+](=O)[O-])ccc21. The number of nitro groups is 1. The molecule has 3 aromatic rings. The minimum atomic E-state index is -0.397. The Morgan fingerprint density at radius 3 is 2.76 bits per heavy atom. The number of hydrogen-bond acceptors (Lipinski definition) is 8. The van der Waals surface area contributed by atoms with E-state index in [-0.39, 0.29) is 17.3 Å². The third-order valence-corrected chi connectivity index (χ3v) is 7.09. The molecule has 0 aliphatic carbocycles. The van der Waals surface area contributed by atoms with Crippen molar-refractivity contribution < 1.29 is 14.5 Å². The van der Waals surface area contributed by atoms with Crippen molar-refractivity contribution in [3.63, 3.8) is 0 Å². The van der Waals surface area contributed by atoms with Gasteiger partial charge >= 0.3 is 0 Å². The van der Waals surface area contributed by atoms with Gasteiger partial charge in [0.1, 0.15) is 10.9 Å². The molecule has 34 heavy (non-hydrogen) atoms. The second kappa shape index (κ2) is 10.0. The molecule has 0 spiro atoms. The van der Waals surface area contributed by atoms with E-state index >= 15 is 0 Å². The van der Waals surface area contributed by atoms with Gasteiger partial charge in [0.15, 0.2) is 0 Å². The summed E-state index contributed by atoms with van der Waals surface area (Å²) >= 11 is 1.42. The summed E-state index contributed by atoms with van der Waals surface area (Å²) in [5.74, 6) is 0.942. The van der Waals surface area contributed by atoms with E-state index in [1.807, 2.05) is 24.3 Å². The number of carbonyl (C=O) groups excluding carboxylic acids is 1. The molecule has 2 aliphatic rings. The van der Waals surface area contributed by atoms with Crippen LogP contribution in [0.15, 0.2) is 47.5 Å². The van der Waals surface area contributed by atoms with E-state index in [1.165, 1.54) is 17.8 Å². The molecule has 2 aromatic carbocycles. The molecule has 0 radical (unpaired) electrons. The molecule has 3 heterocycles. The highest BCUT2D eigenvalue weighted by Crippen LogP contribution is 2.32. The van der Waals surface area contributed by atoms with Crippen LogP contribution in [0.1, 0.15) is 17.8 Å². The van der Waals surface area contributed by atoms with E-state index in [0.717, 1.165) is 58.9 Å². The molecule has 1 fully saturated rings. The van der Waals surface area contributed by atoms with Gasteiger partial charge in [0.2, 0.25) is 5.91 Å². The van der Waals surface area contributed by atoms with Gasteiger partial charge in [-0.15, -0.1) is 0 Å². The average Bonchev–Trinajstić information content (AvgIpc) is 2.87. The zero-order valence-corrected chi connectivity index (χ0v) is 19.5. The lowest BCUT2D eigenvalue weighted by atomic mass is 10.0. The number of non-ortho nitro benzene ring substituents is 1. The van der Waals surface area contributed by atoms with E-state index in [0.29, 0.717) is 26.3 Å². The fourth-order valence-electron chi connectivity index (χ4n) is 4.40. The minimum absolute atomic E-state index is 0.0303. The topological polar surface area (TPSA) is 102 Å². The van der Waals surface area contributed by atoms with Gasteiger partial charge in [0.05, 0.1) is 36.0 Å². The number of hydrogen-bond donors (Lipinski definition) is 0. The molecule has 10 heteroatoms. The summed E-state index contributed by atoms with van der Waals surface area (Å²) < 4.78 is 5.44. The highest BCUT2D eigenvalue weighted by Gasteiger charge is 2.25. The van der Waals surface area contributed by atoms with Gasteiger partial charge < -0.3 is 9.64 Å². The standard InChI is InChI=1S/C24H25N5O4S/c30-23(28-9-3-4-17-14-18(29(31)32)7-8-21(17)28)16-34-24-19-5-1-2-6-20(19)25-22(26-24)15-27-10-12-33-13-11-27/h1-2,5-8,14H,3-4,9-13,15-16H2. The Morgan fingerprint density at radius 1 is 1.12 bits per heavy atom. The second-order valence-corrected chi connectivity index (χ2v) is 9.32. The van der Waals surface area contributed by atoms with Gasteiger partial charge in [0.25, 0.3) is 5.69 Å². The van der Waals surface area contributed by atoms with Crippen molar-refractivity contribution in [3.8, 4) is 0 Å². The van der Waals surface area contributed by atoms with E-state index in [9.17, 15) is 14.9 Å². The zero-order valence-electron chi connectivity index (χ0n) is 18.7. The highest BCUT2D eigenvalue weighted by molar-refractivity contribution is 8.00. The molecule has 0 N–H and O–H groups in total. The van der Waals surface area contributed by atoms with Crippen molar-refractivity contribution in [1.82, 2.24) is 14.9 Å². The summed E-state index contributed by atoms with van der Waals surface area (Å²) in [5.41, 5.74) is 2.54. The number of benzene rings is 2. The van der Waals surface area contributed by atoms with Gasteiger partial charge in [-0.2, -0.15) is 0 Å². The maximum Gasteiger partial charge on any atom is 0.269 e. The Labute approximate surface area is 201 Å². The van der Waals surface area contributed by atoms with Gasteiger partial charge in [-0.25, -0.2) is 9.97 Å². The number of morpholine rings is 1. The normalized spacial score (nSPS) is 16.4. The van der Waals surface area contributed by atoms with E-state index in [1.54, 1.807) is 17.0 Å². The van der Waals surface area contributed by atoms with Gasteiger partial charge in [0, 0.05) is 42.8 Å². The summed E-state index contributed by atoms with van der Waals surface area (Å²) in [4.78, 5) is 37.5. The fourth-order valence-corrected chi connectivity index (χ4v) is 5.31. The second-order valence-electron chi connectivity index (χ2n) is 8.36. The lowest BCUT2D eigenvalue weighted by molar-refractivity contribution is -0.384. The molecule has 176 valence electrons. The molecule has 1 amide bonds. The summed E-state index contributed by atoms with van der Waals surface area (Å²) in [5, 5.41) is 12.8. The molecular formula is C24H25N5O4S. The first-order chi connectivity index (χ1) is 16.6. The number of fused-ring (bicyclic) bond motifs is 2. The predicted octanol–water partition coefficient (Wildman–Crippen LogP) is 3.44. The zero-order chi connectivity index (χ0) is 23.5. The molecular weight excluding hydrogens is 454 g/mol. The number of nitro benzene ring substituents is 1. The van der Waals surface area contributed by atoms with Crippen molar-refractivity contribution in [2.45, 2.75) is 24.4 Å². The number of ether oxygens (including phenoxy) is 1. The maximum absolute atomic E-state index is 13.2. The smallest absolute Gasteiger partial charge is 0.269 e. The first-order valence-corrected chi connectivity index (χ1v) is 12.3. The Bertz CT molecular complexity index is 1230. The number of aryl methyl sites for hydroxylation is 1. The lowest BCUT2D eigenvalue weighted by Gasteiger charge is -2.29. The van der Waals surface area contributed by atoms with Crippen molar-refractivity contribution in [2.75, 3.05) is 43.5 Å². The largest absolute Gasteiger partial charge is 0.379 e. The minimum Gasteiger partial charge on any atom is -0.379 e. The van der Waals surface area contributed by atoms with Crippen LogP contribution >= 0.6 is 11.8 Å². The quantitative estimate of drug-likeness (QED) is 0.229. The molecule has 0 atom stereocenters. The molecule has 0 saturated carbocycles. The molecule has 2 aliphatic heterocycles.